The van der Waals surface area contributed by atoms with Gasteiger partial charge in [0.2, 0.25) is 5.89 Å². The summed E-state index contributed by atoms with van der Waals surface area (Å²) in [7, 11) is 1.61. The Bertz CT molecular complexity index is 1270. The fourth-order valence-electron chi connectivity index (χ4n) is 3.54. The molecule has 0 atom stereocenters. The molecule has 2 heterocycles. The molecule has 0 saturated carbocycles. The third-order valence-corrected chi connectivity index (χ3v) is 5.65. The molecule has 0 amide bonds. The van der Waals surface area contributed by atoms with Crippen LogP contribution in [0.3, 0.4) is 0 Å². The van der Waals surface area contributed by atoms with Gasteiger partial charge in [0.1, 0.15) is 16.9 Å². The van der Waals surface area contributed by atoms with Crippen LogP contribution in [-0.2, 0) is 12.1 Å². The Hall–Kier alpha value is -3.65. The van der Waals surface area contributed by atoms with Gasteiger partial charge in [-0.05, 0) is 47.7 Å². The smallest absolute Gasteiger partial charge is 0.336 e. The first-order valence-electron chi connectivity index (χ1n) is 10.5. The van der Waals surface area contributed by atoms with Gasteiger partial charge in [0.05, 0.1) is 7.11 Å². The lowest BCUT2D eigenvalue weighted by molar-refractivity contribution is 0.00206. The molecular formula is C24H25N3O5. The number of aliphatic hydroxyl groups is 1. The average molecular weight is 435 g/mol. The topological polar surface area (TPSA) is 111 Å². The van der Waals surface area contributed by atoms with E-state index in [0.29, 0.717) is 25.0 Å². The van der Waals surface area contributed by atoms with Gasteiger partial charge in [-0.1, -0.05) is 43.2 Å². The van der Waals surface area contributed by atoms with Crippen molar-refractivity contribution >= 4 is 17.0 Å². The predicted octanol–water partition coefficient (Wildman–Crippen LogP) is 4.47. The van der Waals surface area contributed by atoms with Gasteiger partial charge in [-0.25, -0.2) is 4.79 Å². The highest BCUT2D eigenvalue weighted by Gasteiger charge is 2.31. The number of aromatic nitrogens is 2. The Morgan fingerprint density at radius 2 is 1.78 bits per heavy atom. The van der Waals surface area contributed by atoms with Crippen LogP contribution in [0.2, 0.25) is 0 Å². The Morgan fingerprint density at radius 3 is 2.47 bits per heavy atom. The summed E-state index contributed by atoms with van der Waals surface area (Å²) < 4.78 is 16.2. The van der Waals surface area contributed by atoms with Crippen molar-refractivity contribution in [1.82, 2.24) is 10.2 Å². The number of anilines is 1. The Morgan fingerprint density at radius 1 is 1.03 bits per heavy atom. The van der Waals surface area contributed by atoms with Gasteiger partial charge in [0, 0.05) is 18.0 Å². The Kier molecular flexibility index (Phi) is 5.96. The van der Waals surface area contributed by atoms with Gasteiger partial charge in [-0.15, -0.1) is 5.10 Å². The lowest BCUT2D eigenvalue weighted by atomic mass is 9.98. The summed E-state index contributed by atoms with van der Waals surface area (Å²) >= 11 is 0. The van der Waals surface area contributed by atoms with Crippen molar-refractivity contribution in [2.45, 2.75) is 38.8 Å². The van der Waals surface area contributed by atoms with E-state index in [4.69, 9.17) is 13.6 Å². The maximum atomic E-state index is 12.2. The van der Waals surface area contributed by atoms with Crippen molar-refractivity contribution in [2.24, 2.45) is 0 Å². The first-order valence-corrected chi connectivity index (χ1v) is 10.5. The van der Waals surface area contributed by atoms with Crippen molar-refractivity contribution in [3.63, 3.8) is 0 Å². The zero-order chi connectivity index (χ0) is 22.7. The highest BCUT2D eigenvalue weighted by Crippen LogP contribution is 2.30. The Balaban J connectivity index is 1.58. The highest BCUT2D eigenvalue weighted by atomic mass is 16.5. The molecule has 8 heteroatoms. The first kappa shape index (κ1) is 21.6. The number of nitrogens with zero attached hydrogens (tertiary/aromatic N) is 2. The molecule has 8 nitrogen and oxygen atoms in total. The van der Waals surface area contributed by atoms with Crippen molar-refractivity contribution in [1.29, 1.82) is 0 Å². The molecule has 0 aliphatic heterocycles. The van der Waals surface area contributed by atoms with E-state index in [-0.39, 0.29) is 11.9 Å². The number of nitrogens with one attached hydrogen (secondary N) is 1. The molecule has 0 fully saturated rings. The molecule has 32 heavy (non-hydrogen) atoms. The SMILES string of the molecule is CCC(O)(CC)c1nnc(NCc2ccc3c(-c4ccc(OC)cc4)cc(=O)oc3c2)o1. The van der Waals surface area contributed by atoms with Crippen molar-refractivity contribution < 1.29 is 18.7 Å². The lowest BCUT2D eigenvalue weighted by Gasteiger charge is -2.19. The number of hydrogen-bond donors (Lipinski definition) is 2. The van der Waals surface area contributed by atoms with Crippen LogP contribution in [0.1, 0.15) is 38.1 Å². The molecule has 4 aromatic rings. The van der Waals surface area contributed by atoms with E-state index in [1.807, 2.05) is 56.3 Å². The van der Waals surface area contributed by atoms with Crippen LogP contribution in [-0.4, -0.2) is 22.4 Å². The van der Waals surface area contributed by atoms with Gasteiger partial charge >= 0.3 is 11.6 Å². The minimum atomic E-state index is -1.13. The quantitative estimate of drug-likeness (QED) is 0.390. The number of benzene rings is 2. The molecule has 2 aromatic heterocycles. The predicted molar refractivity (Wildman–Crippen MR) is 121 cm³/mol. The van der Waals surface area contributed by atoms with E-state index in [1.54, 1.807) is 7.11 Å². The summed E-state index contributed by atoms with van der Waals surface area (Å²) in [4.78, 5) is 12.2. The second kappa shape index (κ2) is 8.84. The summed E-state index contributed by atoms with van der Waals surface area (Å²) in [5, 5.41) is 22.3. The summed E-state index contributed by atoms with van der Waals surface area (Å²) in [6, 6.07) is 14.9. The standard InChI is InChI=1S/C24H25N3O5/c1-4-24(29,5-2)22-26-27-23(32-22)25-14-15-6-11-18-19(13-21(28)31-20(18)12-15)16-7-9-17(30-3)10-8-16/h6-13,29H,4-5,14H2,1-3H3,(H,25,27). The molecule has 0 aliphatic rings. The number of fused-ring (bicyclic) bond motifs is 1. The monoisotopic (exact) mass is 435 g/mol. The third kappa shape index (κ3) is 4.22. The molecular weight excluding hydrogens is 410 g/mol. The molecule has 0 spiro atoms. The van der Waals surface area contributed by atoms with E-state index in [2.05, 4.69) is 15.5 Å². The number of rotatable bonds is 8. The molecule has 0 bridgehead atoms. The zero-order valence-corrected chi connectivity index (χ0v) is 18.2. The van der Waals surface area contributed by atoms with Crippen LogP contribution in [0.15, 0.2) is 62.2 Å². The highest BCUT2D eigenvalue weighted by molar-refractivity contribution is 5.93. The van der Waals surface area contributed by atoms with Crippen LogP contribution in [0, 0.1) is 0 Å². The largest absolute Gasteiger partial charge is 0.497 e. The summed E-state index contributed by atoms with van der Waals surface area (Å²) in [6.07, 6.45) is 0.955. The lowest BCUT2D eigenvalue weighted by Crippen LogP contribution is -2.23. The van der Waals surface area contributed by atoms with Gasteiger partial charge < -0.3 is 24.0 Å². The second-order valence-corrected chi connectivity index (χ2v) is 7.54. The van der Waals surface area contributed by atoms with Crippen molar-refractivity contribution in [2.75, 3.05) is 12.4 Å². The van der Waals surface area contributed by atoms with Gasteiger partial charge in [-0.2, -0.15) is 0 Å². The van der Waals surface area contributed by atoms with E-state index in [1.165, 1.54) is 6.07 Å². The average Bonchev–Trinajstić information content (AvgIpc) is 3.31. The molecule has 0 aliphatic carbocycles. The molecule has 0 unspecified atom stereocenters. The fourth-order valence-corrected chi connectivity index (χ4v) is 3.54. The van der Waals surface area contributed by atoms with Crippen LogP contribution >= 0.6 is 0 Å². The molecule has 0 saturated heterocycles. The van der Waals surface area contributed by atoms with E-state index in [9.17, 15) is 9.90 Å². The fraction of sp³-hybridized carbons (Fsp3) is 0.292. The van der Waals surface area contributed by atoms with Crippen LogP contribution in [0.25, 0.3) is 22.1 Å². The summed E-state index contributed by atoms with van der Waals surface area (Å²) in [5.74, 6) is 0.938. The van der Waals surface area contributed by atoms with E-state index in [0.717, 1.165) is 27.8 Å². The van der Waals surface area contributed by atoms with Crippen molar-refractivity contribution in [3.8, 4) is 16.9 Å². The molecule has 0 radical (unpaired) electrons. The molecule has 4 rings (SSSR count). The Labute approximate surface area is 184 Å². The van der Waals surface area contributed by atoms with Gasteiger partial charge in [-0.3, -0.25) is 0 Å². The number of methoxy groups -OCH3 is 1. The van der Waals surface area contributed by atoms with Gasteiger partial charge in [0.15, 0.2) is 0 Å². The molecule has 166 valence electrons. The van der Waals surface area contributed by atoms with E-state index < -0.39 is 11.2 Å². The maximum absolute atomic E-state index is 12.2. The van der Waals surface area contributed by atoms with Crippen LogP contribution in [0.4, 0.5) is 6.01 Å². The van der Waals surface area contributed by atoms with Crippen LogP contribution < -0.4 is 15.7 Å². The first-order chi connectivity index (χ1) is 15.5. The normalized spacial score (nSPS) is 11.6. The number of hydrogen-bond acceptors (Lipinski definition) is 8. The minimum absolute atomic E-state index is 0.193. The third-order valence-electron chi connectivity index (χ3n) is 5.65. The zero-order valence-electron chi connectivity index (χ0n) is 18.2. The molecule has 2 aromatic carbocycles. The minimum Gasteiger partial charge on any atom is -0.497 e. The number of ether oxygens (including phenoxy) is 1. The summed E-state index contributed by atoms with van der Waals surface area (Å²) in [5.41, 5.74) is 1.49. The molecule has 2 N–H and O–H groups in total. The maximum Gasteiger partial charge on any atom is 0.336 e. The summed E-state index contributed by atoms with van der Waals surface area (Å²) in [6.45, 7) is 4.11. The van der Waals surface area contributed by atoms with E-state index >= 15 is 0 Å². The van der Waals surface area contributed by atoms with Gasteiger partial charge in [0.25, 0.3) is 0 Å². The second-order valence-electron chi connectivity index (χ2n) is 7.54. The van der Waals surface area contributed by atoms with Crippen LogP contribution in [0.5, 0.6) is 5.75 Å². The van der Waals surface area contributed by atoms with Crippen molar-refractivity contribution in [3.05, 3.63) is 70.4 Å².